The highest BCUT2D eigenvalue weighted by atomic mass is 16.5. The van der Waals surface area contributed by atoms with E-state index in [1.165, 1.54) is 0 Å². The molecule has 90 valence electrons. The zero-order valence-corrected chi connectivity index (χ0v) is 9.72. The molecule has 0 aromatic rings. The lowest BCUT2D eigenvalue weighted by atomic mass is 10.1. The smallest absolute Gasteiger partial charge is 0.0629 e. The van der Waals surface area contributed by atoms with Crippen LogP contribution in [0.5, 0.6) is 0 Å². The molecule has 1 heterocycles. The number of piperazine rings is 1. The van der Waals surface area contributed by atoms with Crippen LogP contribution in [0.1, 0.15) is 0 Å². The molecule has 2 unspecified atom stereocenters. The van der Waals surface area contributed by atoms with Crippen LogP contribution < -0.4 is 5.73 Å². The first-order valence-electron chi connectivity index (χ1n) is 5.47. The quantitative estimate of drug-likeness (QED) is 0.591. The number of nitrogens with two attached hydrogens (primary N) is 1. The van der Waals surface area contributed by atoms with E-state index in [0.717, 1.165) is 26.2 Å². The van der Waals surface area contributed by atoms with Gasteiger partial charge < -0.3 is 20.5 Å². The molecule has 1 aliphatic heterocycles. The molecule has 1 saturated heterocycles. The van der Waals surface area contributed by atoms with Crippen molar-refractivity contribution in [1.82, 2.24) is 9.80 Å². The average molecular weight is 217 g/mol. The highest BCUT2D eigenvalue weighted by Crippen LogP contribution is 2.07. The molecule has 15 heavy (non-hydrogen) atoms. The van der Waals surface area contributed by atoms with E-state index in [2.05, 4.69) is 16.8 Å². The maximum Gasteiger partial charge on any atom is 0.0629 e. The molecule has 0 saturated carbocycles. The Balaban J connectivity index is 2.43. The zero-order valence-electron chi connectivity index (χ0n) is 9.72. The Morgan fingerprint density at radius 1 is 1.33 bits per heavy atom. The van der Waals surface area contributed by atoms with Gasteiger partial charge in [0, 0.05) is 39.3 Å². The van der Waals surface area contributed by atoms with Crippen molar-refractivity contribution in [2.24, 2.45) is 5.73 Å². The van der Waals surface area contributed by atoms with Crippen LogP contribution in [-0.2, 0) is 4.74 Å². The van der Waals surface area contributed by atoms with Crippen molar-refractivity contribution in [3.05, 3.63) is 0 Å². The molecule has 0 aromatic carbocycles. The second kappa shape index (κ2) is 6.40. The lowest BCUT2D eigenvalue weighted by molar-refractivity contribution is 0.0418. The first kappa shape index (κ1) is 12.9. The fraction of sp³-hybridized carbons (Fsp3) is 1.00. The molecular weight excluding hydrogens is 194 g/mol. The molecule has 0 amide bonds. The summed E-state index contributed by atoms with van der Waals surface area (Å²) in [6.07, 6.45) is 0. The van der Waals surface area contributed by atoms with Gasteiger partial charge >= 0.3 is 0 Å². The van der Waals surface area contributed by atoms with E-state index in [9.17, 15) is 5.11 Å². The van der Waals surface area contributed by atoms with Gasteiger partial charge in [-0.05, 0) is 7.05 Å². The first-order valence-corrected chi connectivity index (χ1v) is 5.47. The van der Waals surface area contributed by atoms with Gasteiger partial charge in [-0.1, -0.05) is 0 Å². The molecule has 1 aliphatic rings. The molecule has 0 aromatic heterocycles. The predicted molar refractivity (Wildman–Crippen MR) is 59.8 cm³/mol. The van der Waals surface area contributed by atoms with Crippen molar-refractivity contribution in [1.29, 1.82) is 0 Å². The van der Waals surface area contributed by atoms with Crippen LogP contribution in [0.3, 0.4) is 0 Å². The van der Waals surface area contributed by atoms with Gasteiger partial charge in [-0.2, -0.15) is 0 Å². The van der Waals surface area contributed by atoms with Crippen molar-refractivity contribution in [2.45, 2.75) is 12.1 Å². The average Bonchev–Trinajstić information content (AvgIpc) is 2.22. The summed E-state index contributed by atoms with van der Waals surface area (Å²) in [4.78, 5) is 4.54. The Morgan fingerprint density at radius 3 is 2.40 bits per heavy atom. The topological polar surface area (TPSA) is 62.0 Å². The Labute approximate surface area is 91.8 Å². The molecular formula is C10H23N3O2. The number of hydrogen-bond donors (Lipinski definition) is 2. The van der Waals surface area contributed by atoms with Gasteiger partial charge in [-0.15, -0.1) is 0 Å². The fourth-order valence-corrected chi connectivity index (χ4v) is 1.98. The van der Waals surface area contributed by atoms with Gasteiger partial charge in [0.05, 0.1) is 19.3 Å². The summed E-state index contributed by atoms with van der Waals surface area (Å²) < 4.78 is 5.03. The highest BCUT2D eigenvalue weighted by Gasteiger charge is 2.26. The standard InChI is InChI=1S/C10H23N3O2/c1-12-3-5-13(6-4-12)10(7-14)9(11)8-15-2/h9-10,14H,3-8,11H2,1-2H3. The first-order chi connectivity index (χ1) is 7.19. The van der Waals surface area contributed by atoms with Crippen molar-refractivity contribution in [2.75, 3.05) is 53.6 Å². The third-order valence-corrected chi connectivity index (χ3v) is 3.05. The van der Waals surface area contributed by atoms with Gasteiger partial charge in [-0.25, -0.2) is 0 Å². The lowest BCUT2D eigenvalue weighted by Crippen LogP contribution is -2.57. The van der Waals surface area contributed by atoms with Gasteiger partial charge in [0.2, 0.25) is 0 Å². The monoisotopic (exact) mass is 217 g/mol. The predicted octanol–water partition coefficient (Wildman–Crippen LogP) is -1.43. The van der Waals surface area contributed by atoms with E-state index in [0.29, 0.717) is 6.61 Å². The maximum atomic E-state index is 9.35. The van der Waals surface area contributed by atoms with Crippen LogP contribution in [0.2, 0.25) is 0 Å². The third kappa shape index (κ3) is 3.70. The normalized spacial score (nSPS) is 24.0. The summed E-state index contributed by atoms with van der Waals surface area (Å²) in [5.41, 5.74) is 5.96. The molecule has 3 N–H and O–H groups in total. The number of ether oxygens (including phenoxy) is 1. The van der Waals surface area contributed by atoms with E-state index in [1.807, 2.05) is 0 Å². The molecule has 0 spiro atoms. The second-order valence-corrected chi connectivity index (χ2v) is 4.21. The van der Waals surface area contributed by atoms with E-state index in [-0.39, 0.29) is 18.7 Å². The van der Waals surface area contributed by atoms with E-state index in [4.69, 9.17) is 10.5 Å². The summed E-state index contributed by atoms with van der Waals surface area (Å²) in [5, 5.41) is 9.35. The van der Waals surface area contributed by atoms with Crippen molar-refractivity contribution in [3.8, 4) is 0 Å². The summed E-state index contributed by atoms with van der Waals surface area (Å²) in [6, 6.07) is -0.0814. The fourth-order valence-electron chi connectivity index (χ4n) is 1.98. The molecule has 0 bridgehead atoms. The van der Waals surface area contributed by atoms with Crippen LogP contribution in [-0.4, -0.2) is 80.5 Å². The van der Waals surface area contributed by atoms with Crippen LogP contribution in [0.25, 0.3) is 0 Å². The van der Waals surface area contributed by atoms with Gasteiger partial charge in [0.25, 0.3) is 0 Å². The van der Waals surface area contributed by atoms with Crippen molar-refractivity contribution < 1.29 is 9.84 Å². The minimum atomic E-state index is -0.108. The molecule has 0 radical (unpaired) electrons. The van der Waals surface area contributed by atoms with E-state index >= 15 is 0 Å². The Bertz CT molecular complexity index is 172. The molecule has 5 nitrogen and oxygen atoms in total. The summed E-state index contributed by atoms with van der Waals surface area (Å²) in [5.74, 6) is 0. The van der Waals surface area contributed by atoms with Crippen LogP contribution in [0.15, 0.2) is 0 Å². The number of likely N-dealkylation sites (N-methyl/N-ethyl adjacent to an activating group) is 1. The van der Waals surface area contributed by atoms with Gasteiger partial charge in [0.15, 0.2) is 0 Å². The van der Waals surface area contributed by atoms with Crippen molar-refractivity contribution >= 4 is 0 Å². The number of aliphatic hydroxyl groups is 1. The minimum Gasteiger partial charge on any atom is -0.395 e. The molecule has 5 heteroatoms. The van der Waals surface area contributed by atoms with Crippen LogP contribution in [0, 0.1) is 0 Å². The van der Waals surface area contributed by atoms with Crippen LogP contribution in [0.4, 0.5) is 0 Å². The number of rotatable bonds is 5. The largest absolute Gasteiger partial charge is 0.395 e. The van der Waals surface area contributed by atoms with Crippen molar-refractivity contribution in [3.63, 3.8) is 0 Å². The molecule has 0 aliphatic carbocycles. The third-order valence-electron chi connectivity index (χ3n) is 3.05. The zero-order chi connectivity index (χ0) is 11.3. The minimum absolute atomic E-state index is 0.0265. The summed E-state index contributed by atoms with van der Waals surface area (Å²) in [6.45, 7) is 4.62. The maximum absolute atomic E-state index is 9.35. The number of hydrogen-bond acceptors (Lipinski definition) is 5. The molecule has 1 rings (SSSR count). The Hall–Kier alpha value is -0.200. The van der Waals surface area contributed by atoms with E-state index < -0.39 is 0 Å². The SMILES string of the molecule is COCC(N)C(CO)N1CCN(C)CC1. The second-order valence-electron chi connectivity index (χ2n) is 4.21. The number of aliphatic hydroxyl groups excluding tert-OH is 1. The summed E-state index contributed by atoms with van der Waals surface area (Å²) in [7, 11) is 3.75. The Kier molecular flexibility index (Phi) is 5.49. The highest BCUT2D eigenvalue weighted by molar-refractivity contribution is 4.84. The summed E-state index contributed by atoms with van der Waals surface area (Å²) >= 11 is 0. The number of nitrogens with zero attached hydrogens (tertiary/aromatic N) is 2. The van der Waals surface area contributed by atoms with E-state index in [1.54, 1.807) is 7.11 Å². The number of methoxy groups -OCH3 is 1. The van der Waals surface area contributed by atoms with Crippen LogP contribution >= 0.6 is 0 Å². The van der Waals surface area contributed by atoms with Gasteiger partial charge in [-0.3, -0.25) is 4.90 Å². The lowest BCUT2D eigenvalue weighted by Gasteiger charge is -2.39. The molecule has 2 atom stereocenters. The van der Waals surface area contributed by atoms with Gasteiger partial charge in [0.1, 0.15) is 0 Å². The Morgan fingerprint density at radius 2 is 1.93 bits per heavy atom. The molecule has 1 fully saturated rings.